The molecule has 0 saturated carbocycles. The molecule has 8 nitrogen and oxygen atoms in total. The summed E-state index contributed by atoms with van der Waals surface area (Å²) in [5, 5.41) is 13.4. The summed E-state index contributed by atoms with van der Waals surface area (Å²) < 4.78 is 7.34. The highest BCUT2D eigenvalue weighted by Gasteiger charge is 2.44. The van der Waals surface area contributed by atoms with E-state index in [4.69, 9.17) is 4.74 Å². The van der Waals surface area contributed by atoms with Gasteiger partial charge < -0.3 is 4.74 Å². The largest absolute Gasteiger partial charge is 0.360 e. The van der Waals surface area contributed by atoms with Crippen LogP contribution in [0.15, 0.2) is 36.7 Å². The van der Waals surface area contributed by atoms with Crippen LogP contribution in [0.25, 0.3) is 5.78 Å². The van der Waals surface area contributed by atoms with Gasteiger partial charge in [0.05, 0.1) is 0 Å². The van der Waals surface area contributed by atoms with Gasteiger partial charge >= 0.3 is 0 Å². The molecule has 4 rings (SSSR count). The molecule has 2 N–H and O–H groups in total. The van der Waals surface area contributed by atoms with Gasteiger partial charge in [0.2, 0.25) is 0 Å². The third-order valence-corrected chi connectivity index (χ3v) is 3.87. The number of fused-ring (bicyclic) bond motifs is 1. The summed E-state index contributed by atoms with van der Waals surface area (Å²) in [5.41, 5.74) is -0.136. The molecule has 0 aliphatic carbocycles. The zero-order valence-electron chi connectivity index (χ0n) is 11.7. The molecule has 3 heterocycles. The van der Waals surface area contributed by atoms with Crippen LogP contribution in [0.3, 0.4) is 0 Å². The van der Waals surface area contributed by atoms with Crippen molar-refractivity contribution < 1.29 is 9.53 Å². The van der Waals surface area contributed by atoms with Crippen LogP contribution in [0.1, 0.15) is 18.4 Å². The highest BCUT2D eigenvalue weighted by atomic mass is 16.5. The third-order valence-electron chi connectivity index (χ3n) is 3.87. The van der Waals surface area contributed by atoms with Gasteiger partial charge in [0.1, 0.15) is 6.33 Å². The Morgan fingerprint density at radius 2 is 2.18 bits per heavy atom. The van der Waals surface area contributed by atoms with Crippen LogP contribution in [0.4, 0.5) is 5.95 Å². The summed E-state index contributed by atoms with van der Waals surface area (Å²) in [6, 6.07) is 9.52. The third kappa shape index (κ3) is 1.88. The molecule has 112 valence electrons. The number of H-pyrrole nitrogens is 1. The number of ether oxygens (including phenoxy) is 1. The molecular formula is C14H14N6O2. The quantitative estimate of drug-likeness (QED) is 0.754. The number of carbonyl (C=O) groups is 1. The van der Waals surface area contributed by atoms with E-state index in [1.54, 1.807) is 0 Å². The van der Waals surface area contributed by atoms with Crippen molar-refractivity contribution in [1.29, 1.82) is 0 Å². The van der Waals surface area contributed by atoms with E-state index in [-0.39, 0.29) is 5.91 Å². The number of nitrogens with one attached hydrogen (secondary N) is 2. The Bertz CT molecular complexity index is 803. The maximum atomic E-state index is 12.8. The van der Waals surface area contributed by atoms with E-state index in [9.17, 15) is 4.79 Å². The molecule has 1 unspecified atom stereocenters. The second-order valence-corrected chi connectivity index (χ2v) is 5.15. The first-order chi connectivity index (χ1) is 10.8. The van der Waals surface area contributed by atoms with Gasteiger partial charge in [-0.25, -0.2) is 0 Å². The van der Waals surface area contributed by atoms with Crippen LogP contribution in [0.2, 0.25) is 0 Å². The van der Waals surface area contributed by atoms with Crippen molar-refractivity contribution >= 4 is 17.6 Å². The average Bonchev–Trinajstić information content (AvgIpc) is 3.26. The summed E-state index contributed by atoms with van der Waals surface area (Å²) >= 11 is 0. The first-order valence-electron chi connectivity index (χ1n) is 7.05. The zero-order chi connectivity index (χ0) is 15.0. The molecule has 1 aliphatic rings. The lowest BCUT2D eigenvalue weighted by molar-refractivity contribution is -0.136. The lowest BCUT2D eigenvalue weighted by Gasteiger charge is -2.27. The van der Waals surface area contributed by atoms with Crippen molar-refractivity contribution in [2.24, 2.45) is 0 Å². The molecule has 3 aromatic rings. The fourth-order valence-electron chi connectivity index (χ4n) is 2.79. The highest BCUT2D eigenvalue weighted by molar-refractivity contribution is 5.97. The van der Waals surface area contributed by atoms with Crippen LogP contribution in [-0.4, -0.2) is 37.3 Å². The van der Waals surface area contributed by atoms with Crippen LogP contribution < -0.4 is 5.32 Å². The van der Waals surface area contributed by atoms with Crippen LogP contribution in [-0.2, 0) is 15.1 Å². The highest BCUT2D eigenvalue weighted by Crippen LogP contribution is 2.37. The number of rotatable bonds is 3. The number of amides is 1. The predicted octanol–water partition coefficient (Wildman–Crippen LogP) is 1.10. The Labute approximate surface area is 125 Å². The minimum absolute atomic E-state index is 0.250. The van der Waals surface area contributed by atoms with E-state index in [1.165, 1.54) is 10.8 Å². The second-order valence-electron chi connectivity index (χ2n) is 5.15. The number of aromatic amines is 1. The Morgan fingerprint density at radius 1 is 1.32 bits per heavy atom. The molecular weight excluding hydrogens is 284 g/mol. The maximum absolute atomic E-state index is 12.8. The van der Waals surface area contributed by atoms with Gasteiger partial charge in [-0.15, -0.1) is 10.2 Å². The number of aromatic nitrogens is 5. The van der Waals surface area contributed by atoms with Crippen molar-refractivity contribution in [3.8, 4) is 0 Å². The Balaban J connectivity index is 1.69. The van der Waals surface area contributed by atoms with E-state index in [2.05, 4.69) is 25.6 Å². The SMILES string of the molecule is O=C(Nc1nnc2nc[nH]n12)C1(c2ccccc2)CCCO1. The summed E-state index contributed by atoms with van der Waals surface area (Å²) in [5.74, 6) is 0.444. The Morgan fingerprint density at radius 3 is 2.95 bits per heavy atom. The number of hydrogen-bond donors (Lipinski definition) is 2. The van der Waals surface area contributed by atoms with E-state index >= 15 is 0 Å². The molecule has 2 aromatic heterocycles. The van der Waals surface area contributed by atoms with Crippen LogP contribution in [0, 0.1) is 0 Å². The number of hydrogen-bond acceptors (Lipinski definition) is 5. The summed E-state index contributed by atoms with van der Waals surface area (Å²) in [7, 11) is 0. The molecule has 1 atom stereocenters. The molecule has 8 heteroatoms. The van der Waals surface area contributed by atoms with Crippen molar-refractivity contribution in [2.75, 3.05) is 11.9 Å². The van der Waals surface area contributed by atoms with Gasteiger partial charge in [-0.1, -0.05) is 30.3 Å². The van der Waals surface area contributed by atoms with Crippen molar-refractivity contribution in [3.63, 3.8) is 0 Å². The second kappa shape index (κ2) is 4.92. The van der Waals surface area contributed by atoms with Gasteiger partial charge in [-0.2, -0.15) is 9.50 Å². The molecule has 1 aliphatic heterocycles. The first kappa shape index (κ1) is 13.0. The molecule has 1 amide bonds. The lowest BCUT2D eigenvalue weighted by atomic mass is 9.90. The van der Waals surface area contributed by atoms with Crippen LogP contribution in [0.5, 0.6) is 0 Å². The minimum atomic E-state index is -0.979. The molecule has 22 heavy (non-hydrogen) atoms. The van der Waals surface area contributed by atoms with Crippen LogP contribution >= 0.6 is 0 Å². The smallest absolute Gasteiger partial charge is 0.273 e. The fraction of sp³-hybridized carbons (Fsp3) is 0.286. The maximum Gasteiger partial charge on any atom is 0.273 e. The van der Waals surface area contributed by atoms with E-state index < -0.39 is 5.60 Å². The predicted molar refractivity (Wildman–Crippen MR) is 77.1 cm³/mol. The van der Waals surface area contributed by atoms with Crippen molar-refractivity contribution in [1.82, 2.24) is 24.8 Å². The molecule has 0 bridgehead atoms. The fourth-order valence-corrected chi connectivity index (χ4v) is 2.79. The summed E-state index contributed by atoms with van der Waals surface area (Å²) in [6.45, 7) is 0.557. The van der Waals surface area contributed by atoms with Gasteiger partial charge in [0.15, 0.2) is 5.60 Å². The Kier molecular flexibility index (Phi) is 2.90. The average molecular weight is 298 g/mol. The van der Waals surface area contributed by atoms with Gasteiger partial charge in [0.25, 0.3) is 17.6 Å². The molecule has 1 fully saturated rings. The summed E-state index contributed by atoms with van der Waals surface area (Å²) in [6.07, 6.45) is 2.95. The molecule has 0 spiro atoms. The normalized spacial score (nSPS) is 21.3. The first-order valence-corrected chi connectivity index (χ1v) is 7.05. The van der Waals surface area contributed by atoms with Gasteiger partial charge in [-0.05, 0) is 18.4 Å². The molecule has 0 radical (unpaired) electrons. The monoisotopic (exact) mass is 298 g/mol. The Hall–Kier alpha value is -2.74. The molecule has 1 aromatic carbocycles. The number of carbonyl (C=O) groups excluding carboxylic acids is 1. The van der Waals surface area contributed by atoms with E-state index in [0.717, 1.165) is 12.0 Å². The number of anilines is 1. The van der Waals surface area contributed by atoms with Crippen molar-refractivity contribution in [3.05, 3.63) is 42.2 Å². The number of benzene rings is 1. The lowest BCUT2D eigenvalue weighted by Crippen LogP contribution is -2.40. The standard InChI is InChI=1S/C14H14N6O2/c21-11(17-13-19-18-12-15-9-16-20(12)13)14(7-4-8-22-14)10-5-2-1-3-6-10/h1-3,5-6,9H,4,7-8H2,(H,15,16,18)(H,17,19,21). The van der Waals surface area contributed by atoms with E-state index in [0.29, 0.717) is 24.8 Å². The summed E-state index contributed by atoms with van der Waals surface area (Å²) in [4.78, 5) is 16.8. The number of nitrogens with zero attached hydrogens (tertiary/aromatic N) is 4. The van der Waals surface area contributed by atoms with Crippen molar-refractivity contribution in [2.45, 2.75) is 18.4 Å². The molecule has 1 saturated heterocycles. The van der Waals surface area contributed by atoms with Gasteiger partial charge in [-0.3, -0.25) is 15.2 Å². The minimum Gasteiger partial charge on any atom is -0.360 e. The zero-order valence-corrected chi connectivity index (χ0v) is 11.7. The topological polar surface area (TPSA) is 97.2 Å². The van der Waals surface area contributed by atoms with Gasteiger partial charge in [0, 0.05) is 6.61 Å². The van der Waals surface area contributed by atoms with E-state index in [1.807, 2.05) is 30.3 Å².